The largest absolute Gasteiger partial charge is 0.349 e. The van der Waals surface area contributed by atoms with Gasteiger partial charge in [-0.15, -0.1) is 0 Å². The Kier molecular flexibility index (Phi) is 5.94. The Morgan fingerprint density at radius 1 is 1.04 bits per heavy atom. The summed E-state index contributed by atoms with van der Waals surface area (Å²) < 4.78 is 13.6. The van der Waals surface area contributed by atoms with Crippen molar-refractivity contribution in [2.75, 3.05) is 0 Å². The first-order valence-electron chi connectivity index (χ1n) is 8.91. The van der Waals surface area contributed by atoms with E-state index in [9.17, 15) is 14.0 Å². The summed E-state index contributed by atoms with van der Waals surface area (Å²) in [5.74, 6) is -0.979. The van der Waals surface area contributed by atoms with Gasteiger partial charge in [-0.25, -0.2) is 4.39 Å². The number of hydrogen-bond donors (Lipinski definition) is 2. The highest BCUT2D eigenvalue weighted by molar-refractivity contribution is 5.99. The van der Waals surface area contributed by atoms with Crippen LogP contribution in [0.4, 0.5) is 4.39 Å². The Morgan fingerprint density at radius 2 is 1.73 bits per heavy atom. The van der Waals surface area contributed by atoms with E-state index in [1.165, 1.54) is 30.9 Å². The molecule has 0 spiro atoms. The number of hydrogen-bond acceptors (Lipinski definition) is 3. The summed E-state index contributed by atoms with van der Waals surface area (Å²) in [6.45, 7) is 0.0734. The summed E-state index contributed by atoms with van der Waals surface area (Å²) in [7, 11) is 0. The molecule has 5 nitrogen and oxygen atoms in total. The third-order valence-electron chi connectivity index (χ3n) is 4.60. The van der Waals surface area contributed by atoms with Gasteiger partial charge in [0.25, 0.3) is 11.8 Å². The van der Waals surface area contributed by atoms with Crippen LogP contribution in [-0.2, 0) is 6.54 Å². The third kappa shape index (κ3) is 4.65. The van der Waals surface area contributed by atoms with Gasteiger partial charge >= 0.3 is 0 Å². The van der Waals surface area contributed by atoms with E-state index < -0.39 is 5.91 Å². The lowest BCUT2D eigenvalue weighted by molar-refractivity contribution is 0.0927. The van der Waals surface area contributed by atoms with Crippen molar-refractivity contribution < 1.29 is 14.0 Å². The van der Waals surface area contributed by atoms with Crippen LogP contribution < -0.4 is 10.6 Å². The molecule has 0 saturated heterocycles. The zero-order valence-corrected chi connectivity index (χ0v) is 14.5. The zero-order valence-electron chi connectivity index (χ0n) is 14.5. The van der Waals surface area contributed by atoms with Crippen LogP contribution in [0.2, 0.25) is 0 Å². The number of carbonyl (C=O) groups excluding carboxylic acids is 2. The fourth-order valence-corrected chi connectivity index (χ4v) is 3.12. The van der Waals surface area contributed by atoms with Gasteiger partial charge in [-0.3, -0.25) is 14.6 Å². The molecule has 1 aliphatic rings. The van der Waals surface area contributed by atoms with Crippen molar-refractivity contribution in [3.63, 3.8) is 0 Å². The van der Waals surface area contributed by atoms with Crippen LogP contribution in [0.3, 0.4) is 0 Å². The van der Waals surface area contributed by atoms with E-state index in [0.29, 0.717) is 11.1 Å². The molecular weight excluding hydrogens is 333 g/mol. The minimum absolute atomic E-state index is 0.0734. The second-order valence-corrected chi connectivity index (χ2v) is 6.54. The lowest BCUT2D eigenvalue weighted by Crippen LogP contribution is -2.36. The number of rotatable bonds is 5. The Morgan fingerprint density at radius 3 is 2.46 bits per heavy atom. The molecule has 1 aromatic carbocycles. The number of benzene rings is 1. The van der Waals surface area contributed by atoms with Crippen molar-refractivity contribution in [3.05, 3.63) is 65.2 Å². The van der Waals surface area contributed by atoms with Crippen molar-refractivity contribution in [2.45, 2.75) is 44.7 Å². The summed E-state index contributed by atoms with van der Waals surface area (Å²) in [5.41, 5.74) is 1.03. The van der Waals surface area contributed by atoms with E-state index in [4.69, 9.17) is 0 Å². The van der Waals surface area contributed by atoms with Crippen LogP contribution in [0.5, 0.6) is 0 Å². The van der Waals surface area contributed by atoms with Gasteiger partial charge in [0.1, 0.15) is 5.82 Å². The Hall–Kier alpha value is -2.76. The molecule has 2 N–H and O–H groups in total. The Labute approximate surface area is 152 Å². The number of amides is 2. The van der Waals surface area contributed by atoms with Gasteiger partial charge < -0.3 is 10.6 Å². The van der Waals surface area contributed by atoms with E-state index in [-0.39, 0.29) is 29.9 Å². The van der Waals surface area contributed by atoms with Crippen LogP contribution in [-0.4, -0.2) is 22.8 Å². The van der Waals surface area contributed by atoms with E-state index in [2.05, 4.69) is 15.6 Å². The molecule has 1 saturated carbocycles. The number of aromatic nitrogens is 1. The first-order chi connectivity index (χ1) is 12.6. The van der Waals surface area contributed by atoms with E-state index in [1.807, 2.05) is 0 Å². The zero-order chi connectivity index (χ0) is 18.4. The van der Waals surface area contributed by atoms with Gasteiger partial charge in [-0.05, 0) is 25.0 Å². The summed E-state index contributed by atoms with van der Waals surface area (Å²) in [5, 5.41) is 5.66. The topological polar surface area (TPSA) is 71.1 Å². The molecule has 1 aliphatic carbocycles. The number of halogens is 1. The molecular formula is C20H22FN3O2. The van der Waals surface area contributed by atoms with Crippen molar-refractivity contribution in [2.24, 2.45) is 0 Å². The van der Waals surface area contributed by atoms with E-state index >= 15 is 0 Å². The molecule has 0 bridgehead atoms. The van der Waals surface area contributed by atoms with Crippen molar-refractivity contribution >= 4 is 11.8 Å². The minimum Gasteiger partial charge on any atom is -0.349 e. The predicted molar refractivity (Wildman–Crippen MR) is 96.1 cm³/mol. The molecule has 0 atom stereocenters. The number of carbonyl (C=O) groups is 2. The number of nitrogens with one attached hydrogen (secondary N) is 2. The predicted octanol–water partition coefficient (Wildman–Crippen LogP) is 3.21. The van der Waals surface area contributed by atoms with Crippen LogP contribution in [0.1, 0.15) is 58.4 Å². The summed E-state index contributed by atoms with van der Waals surface area (Å²) in [6.07, 6.45) is 8.29. The molecule has 0 aliphatic heterocycles. The van der Waals surface area contributed by atoms with Gasteiger partial charge in [-0.2, -0.15) is 0 Å². The van der Waals surface area contributed by atoms with Crippen molar-refractivity contribution in [1.29, 1.82) is 0 Å². The Balaban J connectivity index is 1.61. The first-order valence-corrected chi connectivity index (χ1v) is 8.91. The second-order valence-electron chi connectivity index (χ2n) is 6.54. The minimum atomic E-state index is -0.395. The van der Waals surface area contributed by atoms with Crippen LogP contribution in [0.25, 0.3) is 0 Å². The van der Waals surface area contributed by atoms with Crippen LogP contribution >= 0.6 is 0 Å². The van der Waals surface area contributed by atoms with Gasteiger partial charge in [-0.1, -0.05) is 37.5 Å². The average molecular weight is 355 g/mol. The maximum atomic E-state index is 13.6. The van der Waals surface area contributed by atoms with Crippen LogP contribution in [0.15, 0.2) is 42.7 Å². The molecule has 1 fully saturated rings. The maximum absolute atomic E-state index is 13.6. The Bertz CT molecular complexity index is 788. The normalized spacial score (nSPS) is 14.7. The fourth-order valence-electron chi connectivity index (χ4n) is 3.12. The van der Waals surface area contributed by atoms with Gasteiger partial charge in [0.15, 0.2) is 0 Å². The standard InChI is InChI=1S/C20H22FN3O2/c21-18-9-5-4-6-14(18)13-23-19(25)15-10-16(12-22-11-15)20(26)24-17-7-2-1-3-8-17/h4-6,9-12,17H,1-3,7-8,13H2,(H,23,25)(H,24,26). The molecule has 136 valence electrons. The quantitative estimate of drug-likeness (QED) is 0.865. The summed E-state index contributed by atoms with van der Waals surface area (Å²) >= 11 is 0. The molecule has 1 heterocycles. The maximum Gasteiger partial charge on any atom is 0.253 e. The van der Waals surface area contributed by atoms with E-state index in [1.54, 1.807) is 18.2 Å². The van der Waals surface area contributed by atoms with Crippen molar-refractivity contribution in [3.8, 4) is 0 Å². The highest BCUT2D eigenvalue weighted by Crippen LogP contribution is 2.18. The molecule has 2 amide bonds. The van der Waals surface area contributed by atoms with Crippen LogP contribution in [0, 0.1) is 5.82 Å². The highest BCUT2D eigenvalue weighted by atomic mass is 19.1. The fraction of sp³-hybridized carbons (Fsp3) is 0.350. The molecule has 6 heteroatoms. The average Bonchev–Trinajstić information content (AvgIpc) is 2.68. The van der Waals surface area contributed by atoms with Crippen molar-refractivity contribution in [1.82, 2.24) is 15.6 Å². The lowest BCUT2D eigenvalue weighted by atomic mass is 9.95. The van der Waals surface area contributed by atoms with E-state index in [0.717, 1.165) is 25.7 Å². The van der Waals surface area contributed by atoms with Gasteiger partial charge in [0.05, 0.1) is 11.1 Å². The molecule has 3 rings (SSSR count). The summed E-state index contributed by atoms with van der Waals surface area (Å²) in [6, 6.07) is 7.97. The third-order valence-corrected chi connectivity index (χ3v) is 4.60. The first kappa shape index (κ1) is 18.0. The smallest absolute Gasteiger partial charge is 0.253 e. The second kappa shape index (κ2) is 8.56. The van der Waals surface area contributed by atoms with Gasteiger partial charge in [0.2, 0.25) is 0 Å². The molecule has 0 unspecified atom stereocenters. The van der Waals surface area contributed by atoms with Gasteiger partial charge in [0, 0.05) is 30.5 Å². The molecule has 0 radical (unpaired) electrons. The molecule has 2 aromatic rings. The highest BCUT2D eigenvalue weighted by Gasteiger charge is 2.18. The SMILES string of the molecule is O=C(NCc1ccccc1F)c1cncc(C(=O)NC2CCCCC2)c1. The monoisotopic (exact) mass is 355 g/mol. The molecule has 1 aromatic heterocycles. The molecule has 26 heavy (non-hydrogen) atoms. The number of nitrogens with zero attached hydrogens (tertiary/aromatic N) is 1. The number of pyridine rings is 1. The summed E-state index contributed by atoms with van der Waals surface area (Å²) in [4.78, 5) is 28.7. The lowest BCUT2D eigenvalue weighted by Gasteiger charge is -2.22.